The lowest BCUT2D eigenvalue weighted by atomic mass is 10.2. The summed E-state index contributed by atoms with van der Waals surface area (Å²) >= 11 is 0. The van der Waals surface area contributed by atoms with Crippen molar-refractivity contribution in [2.24, 2.45) is 0 Å². The van der Waals surface area contributed by atoms with Crippen LogP contribution >= 0.6 is 0 Å². The second-order valence-electron chi connectivity index (χ2n) is 3.66. The molecule has 104 valence electrons. The van der Waals surface area contributed by atoms with Gasteiger partial charge >= 0.3 is 6.18 Å². The molecule has 0 unspecified atom stereocenters. The Morgan fingerprint density at radius 2 is 2.00 bits per heavy atom. The molecule has 0 N–H and O–H groups in total. The van der Waals surface area contributed by atoms with Gasteiger partial charge in [-0.1, -0.05) is 18.9 Å². The molecule has 0 bridgehead atoms. The van der Waals surface area contributed by atoms with E-state index in [4.69, 9.17) is 6.42 Å². The highest BCUT2D eigenvalue weighted by atomic mass is 32.2. The summed E-state index contributed by atoms with van der Waals surface area (Å²) in [5.41, 5.74) is -1.01. The molecule has 0 aromatic heterocycles. The van der Waals surface area contributed by atoms with Crippen molar-refractivity contribution >= 4 is 10.0 Å². The fourth-order valence-corrected chi connectivity index (χ4v) is 2.86. The Bertz CT molecular complexity index is 588. The van der Waals surface area contributed by atoms with Crippen molar-refractivity contribution in [1.29, 1.82) is 0 Å². The number of rotatable bonds is 4. The summed E-state index contributed by atoms with van der Waals surface area (Å²) in [6.07, 6.45) is 0.454. The van der Waals surface area contributed by atoms with Gasteiger partial charge in [0.2, 0.25) is 10.0 Å². The molecular formula is C12H12F3NO2S. The van der Waals surface area contributed by atoms with Gasteiger partial charge in [-0.3, -0.25) is 0 Å². The fourth-order valence-electron chi connectivity index (χ4n) is 1.45. The van der Waals surface area contributed by atoms with E-state index < -0.39 is 26.7 Å². The molecule has 0 atom stereocenters. The third-order valence-electron chi connectivity index (χ3n) is 2.42. The van der Waals surface area contributed by atoms with E-state index in [2.05, 4.69) is 5.92 Å². The molecule has 7 heteroatoms. The molecule has 0 radical (unpaired) electrons. The summed E-state index contributed by atoms with van der Waals surface area (Å²) in [5.74, 6) is 2.16. The van der Waals surface area contributed by atoms with Crippen LogP contribution in [0.15, 0.2) is 29.2 Å². The first-order chi connectivity index (χ1) is 8.73. The van der Waals surface area contributed by atoms with Crippen molar-refractivity contribution in [3.63, 3.8) is 0 Å². The second-order valence-corrected chi connectivity index (χ2v) is 5.60. The summed E-state index contributed by atoms with van der Waals surface area (Å²) in [7, 11) is -4.01. The van der Waals surface area contributed by atoms with Crippen molar-refractivity contribution in [3.8, 4) is 12.3 Å². The number of terminal acetylenes is 1. The minimum atomic E-state index is -4.59. The number of hydrogen-bond acceptors (Lipinski definition) is 2. The van der Waals surface area contributed by atoms with Crippen LogP contribution in [0.4, 0.5) is 13.2 Å². The second kappa shape index (κ2) is 5.63. The van der Waals surface area contributed by atoms with Gasteiger partial charge in [0.15, 0.2) is 0 Å². The highest BCUT2D eigenvalue weighted by Crippen LogP contribution is 2.31. The highest BCUT2D eigenvalue weighted by molar-refractivity contribution is 7.89. The summed E-state index contributed by atoms with van der Waals surface area (Å²) in [6.45, 7) is 1.46. The molecule has 1 rings (SSSR count). The molecule has 0 saturated carbocycles. The van der Waals surface area contributed by atoms with Gasteiger partial charge in [0.05, 0.1) is 17.0 Å². The quantitative estimate of drug-likeness (QED) is 0.799. The van der Waals surface area contributed by atoms with E-state index >= 15 is 0 Å². The van der Waals surface area contributed by atoms with Gasteiger partial charge < -0.3 is 0 Å². The number of nitrogens with zero attached hydrogens (tertiary/aromatic N) is 1. The Kier molecular flexibility index (Phi) is 4.61. The van der Waals surface area contributed by atoms with Crippen LogP contribution in [-0.4, -0.2) is 25.8 Å². The normalized spacial score (nSPS) is 12.4. The molecule has 0 heterocycles. The molecule has 0 aliphatic heterocycles. The van der Waals surface area contributed by atoms with E-state index in [-0.39, 0.29) is 13.1 Å². The zero-order chi connectivity index (χ0) is 14.7. The monoisotopic (exact) mass is 291 g/mol. The largest absolute Gasteiger partial charge is 0.416 e. The lowest BCUT2D eigenvalue weighted by molar-refractivity contribution is -0.137. The number of benzene rings is 1. The molecular weight excluding hydrogens is 279 g/mol. The zero-order valence-electron chi connectivity index (χ0n) is 10.1. The zero-order valence-corrected chi connectivity index (χ0v) is 10.9. The van der Waals surface area contributed by atoms with Crippen molar-refractivity contribution < 1.29 is 21.6 Å². The van der Waals surface area contributed by atoms with Gasteiger partial charge in [-0.05, 0) is 18.2 Å². The Balaban J connectivity index is 3.27. The number of sulfonamides is 1. The lowest BCUT2D eigenvalue weighted by Crippen LogP contribution is -2.31. The first-order valence-corrected chi connectivity index (χ1v) is 6.78. The Hall–Kier alpha value is -1.52. The van der Waals surface area contributed by atoms with Crippen LogP contribution in [0.1, 0.15) is 12.5 Å². The molecule has 1 aromatic rings. The third-order valence-corrected chi connectivity index (χ3v) is 4.34. The lowest BCUT2D eigenvalue weighted by Gasteiger charge is -2.18. The van der Waals surface area contributed by atoms with Crippen LogP contribution in [0.25, 0.3) is 0 Å². The molecule has 0 spiro atoms. The highest BCUT2D eigenvalue weighted by Gasteiger charge is 2.32. The number of hydrogen-bond donors (Lipinski definition) is 0. The number of alkyl halides is 3. The van der Waals surface area contributed by atoms with Gasteiger partial charge in [-0.25, -0.2) is 8.42 Å². The first-order valence-electron chi connectivity index (χ1n) is 5.34. The Morgan fingerprint density at radius 3 is 2.47 bits per heavy atom. The summed E-state index contributed by atoms with van der Waals surface area (Å²) in [6, 6.07) is 3.59. The van der Waals surface area contributed by atoms with Gasteiger partial charge in [0.1, 0.15) is 0 Å². The van der Waals surface area contributed by atoms with Crippen LogP contribution in [0.5, 0.6) is 0 Å². The van der Waals surface area contributed by atoms with Gasteiger partial charge in [0, 0.05) is 6.54 Å². The van der Waals surface area contributed by atoms with E-state index in [1.807, 2.05) is 0 Å². The predicted octanol–water partition coefficient (Wildman–Crippen LogP) is 2.35. The van der Waals surface area contributed by atoms with E-state index in [1.165, 1.54) is 0 Å². The molecule has 0 amide bonds. The van der Waals surface area contributed by atoms with Crippen LogP contribution in [-0.2, 0) is 16.2 Å². The maximum Gasteiger partial charge on any atom is 0.416 e. The summed E-state index contributed by atoms with van der Waals surface area (Å²) < 4.78 is 62.8. The molecule has 0 aliphatic carbocycles. The van der Waals surface area contributed by atoms with E-state index in [0.717, 1.165) is 22.5 Å². The van der Waals surface area contributed by atoms with Crippen molar-refractivity contribution in [2.75, 3.05) is 13.1 Å². The molecule has 0 aliphatic rings. The maximum atomic E-state index is 12.5. The van der Waals surface area contributed by atoms with Crippen molar-refractivity contribution in [3.05, 3.63) is 29.8 Å². The summed E-state index contributed by atoms with van der Waals surface area (Å²) in [5, 5.41) is 0. The molecule has 19 heavy (non-hydrogen) atoms. The molecule has 0 saturated heterocycles. The van der Waals surface area contributed by atoms with E-state index in [9.17, 15) is 21.6 Å². The van der Waals surface area contributed by atoms with E-state index in [0.29, 0.717) is 6.07 Å². The summed E-state index contributed by atoms with van der Waals surface area (Å²) in [4.78, 5) is -0.417. The first kappa shape index (κ1) is 15.5. The average Bonchev–Trinajstić information content (AvgIpc) is 2.34. The van der Waals surface area contributed by atoms with E-state index in [1.54, 1.807) is 6.92 Å². The van der Waals surface area contributed by atoms with Crippen LogP contribution in [0, 0.1) is 12.3 Å². The molecule has 3 nitrogen and oxygen atoms in total. The SMILES string of the molecule is C#CCN(CC)S(=O)(=O)c1cccc(C(F)(F)F)c1. The van der Waals surface area contributed by atoms with Gasteiger partial charge in [-0.15, -0.1) is 6.42 Å². The van der Waals surface area contributed by atoms with Crippen LogP contribution in [0.2, 0.25) is 0 Å². The topological polar surface area (TPSA) is 37.4 Å². The maximum absolute atomic E-state index is 12.5. The number of halogens is 3. The third kappa shape index (κ3) is 3.49. The van der Waals surface area contributed by atoms with Gasteiger partial charge in [0.25, 0.3) is 0 Å². The van der Waals surface area contributed by atoms with Crippen LogP contribution < -0.4 is 0 Å². The Morgan fingerprint density at radius 1 is 1.37 bits per heavy atom. The predicted molar refractivity (Wildman–Crippen MR) is 64.7 cm³/mol. The Labute approximate surface area is 110 Å². The van der Waals surface area contributed by atoms with Gasteiger partial charge in [-0.2, -0.15) is 17.5 Å². The smallest absolute Gasteiger partial charge is 0.207 e. The molecule has 0 fully saturated rings. The molecule has 1 aromatic carbocycles. The average molecular weight is 291 g/mol. The van der Waals surface area contributed by atoms with Crippen molar-refractivity contribution in [2.45, 2.75) is 18.0 Å². The minimum Gasteiger partial charge on any atom is -0.207 e. The fraction of sp³-hybridized carbons (Fsp3) is 0.333. The van der Waals surface area contributed by atoms with Crippen molar-refractivity contribution in [1.82, 2.24) is 4.31 Å². The minimum absolute atomic E-state index is 0.0861. The van der Waals surface area contributed by atoms with Crippen LogP contribution in [0.3, 0.4) is 0 Å². The standard InChI is InChI=1S/C12H12F3NO2S/c1-3-8-16(4-2)19(17,18)11-7-5-6-10(9-11)12(13,14)15/h1,5-7,9H,4,8H2,2H3.